The summed E-state index contributed by atoms with van der Waals surface area (Å²) in [5.74, 6) is -0.469. The van der Waals surface area contributed by atoms with Crippen LogP contribution in [0.2, 0.25) is 5.22 Å². The van der Waals surface area contributed by atoms with Crippen molar-refractivity contribution in [1.82, 2.24) is 4.98 Å². The van der Waals surface area contributed by atoms with Crippen molar-refractivity contribution in [1.29, 1.82) is 0 Å². The van der Waals surface area contributed by atoms with E-state index in [9.17, 15) is 4.79 Å². The fourth-order valence-electron chi connectivity index (χ4n) is 1.18. The number of pyridine rings is 1. The Morgan fingerprint density at radius 3 is 3.14 bits per heavy atom. The monoisotopic (exact) mass is 211 g/mol. The van der Waals surface area contributed by atoms with Gasteiger partial charge < -0.3 is 9.15 Å². The molecule has 72 valence electrons. The molecule has 0 aliphatic heterocycles. The number of halogens is 1. The third-order valence-electron chi connectivity index (χ3n) is 1.79. The molecule has 0 unspecified atom stereocenters. The van der Waals surface area contributed by atoms with E-state index in [-0.39, 0.29) is 5.22 Å². The molecule has 0 spiro atoms. The summed E-state index contributed by atoms with van der Waals surface area (Å²) in [5, 5.41) is 0.198. The topological polar surface area (TPSA) is 52.3 Å². The van der Waals surface area contributed by atoms with Crippen LogP contribution in [-0.2, 0) is 4.74 Å². The number of aromatic nitrogens is 1. The van der Waals surface area contributed by atoms with Crippen LogP contribution in [0.3, 0.4) is 0 Å². The van der Waals surface area contributed by atoms with Crippen molar-refractivity contribution in [2.75, 3.05) is 7.11 Å². The summed E-state index contributed by atoms with van der Waals surface area (Å²) in [6.45, 7) is 0. The van der Waals surface area contributed by atoms with E-state index in [1.165, 1.54) is 19.4 Å². The van der Waals surface area contributed by atoms with Crippen LogP contribution in [0.25, 0.3) is 11.1 Å². The highest BCUT2D eigenvalue weighted by atomic mass is 35.5. The lowest BCUT2D eigenvalue weighted by Gasteiger charge is -1.97. The first-order chi connectivity index (χ1) is 6.72. The van der Waals surface area contributed by atoms with Gasteiger partial charge in [0.1, 0.15) is 11.1 Å². The normalized spacial score (nSPS) is 10.4. The smallest absolute Gasteiger partial charge is 0.341 e. The Hall–Kier alpha value is -1.55. The van der Waals surface area contributed by atoms with Gasteiger partial charge >= 0.3 is 5.97 Å². The molecule has 0 aliphatic rings. The zero-order valence-electron chi connectivity index (χ0n) is 7.28. The molecule has 2 rings (SSSR count). The van der Waals surface area contributed by atoms with Crippen molar-refractivity contribution in [3.8, 4) is 0 Å². The van der Waals surface area contributed by atoms with Gasteiger partial charge in [-0.25, -0.2) is 4.79 Å². The molecule has 0 atom stereocenters. The van der Waals surface area contributed by atoms with Crippen LogP contribution in [0.1, 0.15) is 10.4 Å². The SMILES string of the molecule is COC(=O)c1ccnc2cc(Cl)oc12. The predicted molar refractivity (Wildman–Crippen MR) is 50.4 cm³/mol. The maximum atomic E-state index is 11.3. The average molecular weight is 212 g/mol. The van der Waals surface area contributed by atoms with E-state index < -0.39 is 5.97 Å². The molecular weight excluding hydrogens is 206 g/mol. The minimum absolute atomic E-state index is 0.198. The standard InChI is InChI=1S/C9H6ClNO3/c1-13-9(12)5-2-3-11-6-4-7(10)14-8(5)6/h2-4H,1H3. The first-order valence-corrected chi connectivity index (χ1v) is 4.22. The molecule has 0 radical (unpaired) electrons. The fourth-order valence-corrected chi connectivity index (χ4v) is 1.36. The number of fused-ring (bicyclic) bond motifs is 1. The number of ether oxygens (including phenoxy) is 1. The van der Waals surface area contributed by atoms with E-state index >= 15 is 0 Å². The van der Waals surface area contributed by atoms with Gasteiger partial charge in [-0.15, -0.1) is 0 Å². The zero-order chi connectivity index (χ0) is 10.1. The number of hydrogen-bond donors (Lipinski definition) is 0. The Labute approximate surface area is 84.4 Å². The van der Waals surface area contributed by atoms with Gasteiger partial charge in [0.25, 0.3) is 0 Å². The molecule has 0 bridgehead atoms. The van der Waals surface area contributed by atoms with E-state index in [0.717, 1.165) is 0 Å². The highest BCUT2D eigenvalue weighted by molar-refractivity contribution is 6.29. The largest absolute Gasteiger partial charge is 0.465 e. The first kappa shape index (κ1) is 9.02. The highest BCUT2D eigenvalue weighted by Gasteiger charge is 2.14. The second-order valence-electron chi connectivity index (χ2n) is 2.61. The molecule has 2 aromatic heterocycles. The van der Waals surface area contributed by atoms with Gasteiger partial charge in [0, 0.05) is 12.3 Å². The minimum Gasteiger partial charge on any atom is -0.465 e. The quantitative estimate of drug-likeness (QED) is 0.679. The molecule has 5 heteroatoms. The molecule has 0 aliphatic carbocycles. The third-order valence-corrected chi connectivity index (χ3v) is 1.97. The van der Waals surface area contributed by atoms with Crippen LogP contribution in [0.5, 0.6) is 0 Å². The van der Waals surface area contributed by atoms with Crippen molar-refractivity contribution in [2.24, 2.45) is 0 Å². The molecule has 0 saturated heterocycles. The first-order valence-electron chi connectivity index (χ1n) is 3.84. The Kier molecular flexibility index (Phi) is 2.13. The number of furan rings is 1. The maximum Gasteiger partial charge on any atom is 0.341 e. The number of methoxy groups -OCH3 is 1. The summed E-state index contributed by atoms with van der Waals surface area (Å²) < 4.78 is 9.71. The fraction of sp³-hybridized carbons (Fsp3) is 0.111. The van der Waals surface area contributed by atoms with Gasteiger partial charge in [-0.3, -0.25) is 4.98 Å². The number of rotatable bonds is 1. The number of hydrogen-bond acceptors (Lipinski definition) is 4. The molecule has 2 aromatic rings. The lowest BCUT2D eigenvalue weighted by Crippen LogP contribution is -2.01. The number of esters is 1. The van der Waals surface area contributed by atoms with Crippen LogP contribution in [0.4, 0.5) is 0 Å². The molecule has 14 heavy (non-hydrogen) atoms. The molecule has 0 amide bonds. The molecule has 0 aromatic carbocycles. The van der Waals surface area contributed by atoms with Crippen LogP contribution in [0.15, 0.2) is 22.7 Å². The maximum absolute atomic E-state index is 11.3. The summed E-state index contributed by atoms with van der Waals surface area (Å²) in [6.07, 6.45) is 1.50. The Bertz CT molecular complexity index is 492. The summed E-state index contributed by atoms with van der Waals surface area (Å²) in [4.78, 5) is 15.3. The molecule has 2 heterocycles. The van der Waals surface area contributed by atoms with Gasteiger partial charge in [-0.05, 0) is 17.7 Å². The second-order valence-corrected chi connectivity index (χ2v) is 2.99. The van der Waals surface area contributed by atoms with Crippen LogP contribution in [-0.4, -0.2) is 18.1 Å². The van der Waals surface area contributed by atoms with E-state index in [4.69, 9.17) is 16.0 Å². The van der Waals surface area contributed by atoms with Gasteiger partial charge in [0.05, 0.1) is 7.11 Å². The second kappa shape index (κ2) is 3.31. The van der Waals surface area contributed by atoms with Crippen LogP contribution >= 0.6 is 11.6 Å². The Balaban J connectivity index is 2.70. The van der Waals surface area contributed by atoms with Gasteiger partial charge in [-0.1, -0.05) is 0 Å². The predicted octanol–water partition coefficient (Wildman–Crippen LogP) is 2.27. The highest BCUT2D eigenvalue weighted by Crippen LogP contribution is 2.24. The van der Waals surface area contributed by atoms with Crippen molar-refractivity contribution in [3.05, 3.63) is 29.1 Å². The summed E-state index contributed by atoms with van der Waals surface area (Å²) >= 11 is 5.64. The number of carbonyl (C=O) groups is 1. The van der Waals surface area contributed by atoms with Crippen molar-refractivity contribution < 1.29 is 13.9 Å². The van der Waals surface area contributed by atoms with E-state index in [1.807, 2.05) is 0 Å². The number of nitrogens with zero attached hydrogens (tertiary/aromatic N) is 1. The van der Waals surface area contributed by atoms with Gasteiger partial charge in [0.15, 0.2) is 10.8 Å². The minimum atomic E-state index is -0.469. The Morgan fingerprint density at radius 2 is 2.43 bits per heavy atom. The summed E-state index contributed by atoms with van der Waals surface area (Å²) in [7, 11) is 1.30. The molecule has 0 saturated carbocycles. The molecule has 0 fully saturated rings. The Morgan fingerprint density at radius 1 is 1.64 bits per heavy atom. The van der Waals surface area contributed by atoms with E-state index in [1.54, 1.807) is 6.07 Å². The van der Waals surface area contributed by atoms with Crippen molar-refractivity contribution in [3.63, 3.8) is 0 Å². The average Bonchev–Trinajstić information content (AvgIpc) is 2.56. The molecule has 4 nitrogen and oxygen atoms in total. The van der Waals surface area contributed by atoms with Gasteiger partial charge in [-0.2, -0.15) is 0 Å². The van der Waals surface area contributed by atoms with Crippen LogP contribution in [0, 0.1) is 0 Å². The summed E-state index contributed by atoms with van der Waals surface area (Å²) in [5.41, 5.74) is 1.21. The summed E-state index contributed by atoms with van der Waals surface area (Å²) in [6, 6.07) is 3.07. The van der Waals surface area contributed by atoms with Gasteiger partial charge in [0.2, 0.25) is 0 Å². The molecule has 0 N–H and O–H groups in total. The zero-order valence-corrected chi connectivity index (χ0v) is 8.04. The lowest BCUT2D eigenvalue weighted by molar-refractivity contribution is 0.0601. The van der Waals surface area contributed by atoms with E-state index in [0.29, 0.717) is 16.7 Å². The van der Waals surface area contributed by atoms with Crippen LogP contribution < -0.4 is 0 Å². The van der Waals surface area contributed by atoms with Crippen molar-refractivity contribution in [2.45, 2.75) is 0 Å². The number of carbonyl (C=O) groups excluding carboxylic acids is 1. The third kappa shape index (κ3) is 1.33. The lowest BCUT2D eigenvalue weighted by atomic mass is 10.2. The van der Waals surface area contributed by atoms with E-state index in [2.05, 4.69) is 9.72 Å². The van der Waals surface area contributed by atoms with Crippen molar-refractivity contribution >= 4 is 28.7 Å². The molecular formula is C9H6ClNO3.